The summed E-state index contributed by atoms with van der Waals surface area (Å²) < 4.78 is 22.3. The molecule has 2 fully saturated rings. The second-order valence-electron chi connectivity index (χ2n) is 9.64. The SMILES string of the molecule is C.CC.CC.OC[C@H]1O[C@@]2(Cc3ccccc3CO2)[C@@H](O)[C@@H]1O.OC[C@H]1O[C@]2(Cc3ccccc3CO2)[C@@H](O)[C@@H]1O. The Labute approximate surface area is 243 Å². The van der Waals surface area contributed by atoms with Crippen LogP contribution in [0.4, 0.5) is 0 Å². The Morgan fingerprint density at radius 2 is 0.927 bits per heavy atom. The summed E-state index contributed by atoms with van der Waals surface area (Å²) in [6, 6.07) is 15.5. The normalized spacial score (nSPS) is 34.5. The van der Waals surface area contributed by atoms with Gasteiger partial charge in [0.05, 0.1) is 26.4 Å². The number of hydrogen-bond acceptors (Lipinski definition) is 10. The predicted molar refractivity (Wildman–Crippen MR) is 153 cm³/mol. The van der Waals surface area contributed by atoms with Crippen LogP contribution < -0.4 is 0 Å². The molecule has 10 heteroatoms. The van der Waals surface area contributed by atoms with Gasteiger partial charge in [-0.25, -0.2) is 0 Å². The van der Waals surface area contributed by atoms with Crippen molar-refractivity contribution in [1.82, 2.24) is 0 Å². The van der Waals surface area contributed by atoms with Gasteiger partial charge in [0.2, 0.25) is 11.6 Å². The van der Waals surface area contributed by atoms with Crippen molar-refractivity contribution in [1.29, 1.82) is 0 Å². The number of aliphatic hydroxyl groups excluding tert-OH is 6. The van der Waals surface area contributed by atoms with Gasteiger partial charge < -0.3 is 49.6 Å². The third kappa shape index (κ3) is 7.00. The van der Waals surface area contributed by atoms with E-state index in [-0.39, 0.29) is 20.6 Å². The van der Waals surface area contributed by atoms with Gasteiger partial charge in [-0.05, 0) is 22.3 Å². The van der Waals surface area contributed by atoms with E-state index in [1.807, 2.05) is 76.2 Å². The van der Waals surface area contributed by atoms with Gasteiger partial charge in [-0.1, -0.05) is 83.7 Å². The molecule has 4 heterocycles. The minimum atomic E-state index is -1.23. The first-order chi connectivity index (χ1) is 19.3. The minimum absolute atomic E-state index is 0. The monoisotopic (exact) mass is 580 g/mol. The minimum Gasteiger partial charge on any atom is -0.394 e. The highest BCUT2D eigenvalue weighted by Gasteiger charge is 2.57. The maximum atomic E-state index is 10.1. The fourth-order valence-corrected chi connectivity index (χ4v) is 5.31. The van der Waals surface area contributed by atoms with Crippen LogP contribution in [-0.4, -0.2) is 92.1 Å². The van der Waals surface area contributed by atoms with Crippen molar-refractivity contribution in [3.8, 4) is 0 Å². The summed E-state index contributed by atoms with van der Waals surface area (Å²) in [5, 5.41) is 58.0. The fourth-order valence-electron chi connectivity index (χ4n) is 5.31. The first kappa shape index (κ1) is 35.2. The van der Waals surface area contributed by atoms with Crippen LogP contribution in [0.1, 0.15) is 57.4 Å². The van der Waals surface area contributed by atoms with Crippen molar-refractivity contribution in [3.05, 3.63) is 70.8 Å². The van der Waals surface area contributed by atoms with Crippen LogP contribution in [0, 0.1) is 0 Å². The van der Waals surface area contributed by atoms with Gasteiger partial charge in [-0.15, -0.1) is 0 Å². The van der Waals surface area contributed by atoms with Crippen molar-refractivity contribution in [2.24, 2.45) is 0 Å². The number of fused-ring (bicyclic) bond motifs is 2. The molecule has 4 aliphatic heterocycles. The van der Waals surface area contributed by atoms with Crippen molar-refractivity contribution < 1.29 is 49.6 Å². The Hall–Kier alpha value is -1.96. The second-order valence-corrected chi connectivity index (χ2v) is 9.64. The molecule has 2 saturated heterocycles. The van der Waals surface area contributed by atoms with E-state index in [4.69, 9.17) is 29.2 Å². The molecule has 10 nitrogen and oxygen atoms in total. The van der Waals surface area contributed by atoms with Crippen LogP contribution in [-0.2, 0) is 45.0 Å². The van der Waals surface area contributed by atoms with Crippen LogP contribution in [0.5, 0.6) is 0 Å². The molecule has 8 atom stereocenters. The summed E-state index contributed by atoms with van der Waals surface area (Å²) in [5.74, 6) is -2.47. The average molecular weight is 581 g/mol. The van der Waals surface area contributed by atoms with Gasteiger partial charge >= 0.3 is 0 Å². The number of hydrogen-bond donors (Lipinski definition) is 6. The maximum absolute atomic E-state index is 10.1. The Kier molecular flexibility index (Phi) is 13.3. The van der Waals surface area contributed by atoms with Crippen molar-refractivity contribution in [3.63, 3.8) is 0 Å². The summed E-state index contributed by atoms with van der Waals surface area (Å²) >= 11 is 0. The lowest BCUT2D eigenvalue weighted by molar-refractivity contribution is -0.271. The zero-order valence-electron chi connectivity index (χ0n) is 23.6. The summed E-state index contributed by atoms with van der Waals surface area (Å²) in [6.45, 7) is 7.98. The van der Waals surface area contributed by atoms with Gasteiger partial charge in [0.25, 0.3) is 0 Å². The lowest BCUT2D eigenvalue weighted by Gasteiger charge is -2.36. The van der Waals surface area contributed by atoms with E-state index in [1.165, 1.54) is 0 Å². The molecule has 232 valence electrons. The fraction of sp³-hybridized carbons (Fsp3) is 0.613. The highest BCUT2D eigenvalue weighted by Crippen LogP contribution is 2.40. The zero-order chi connectivity index (χ0) is 29.5. The van der Waals surface area contributed by atoms with E-state index in [9.17, 15) is 20.4 Å². The van der Waals surface area contributed by atoms with Crippen LogP contribution >= 0.6 is 0 Å². The van der Waals surface area contributed by atoms with Gasteiger partial charge in [0, 0.05) is 12.8 Å². The van der Waals surface area contributed by atoms with Gasteiger partial charge in [-0.3, -0.25) is 0 Å². The van der Waals surface area contributed by atoms with Crippen LogP contribution in [0.3, 0.4) is 0 Å². The predicted octanol–water partition coefficient (Wildman–Crippen LogP) is 1.83. The molecule has 2 spiro atoms. The number of ether oxygens (including phenoxy) is 4. The molecule has 4 aliphatic rings. The topological polar surface area (TPSA) is 158 Å². The van der Waals surface area contributed by atoms with Gasteiger partial charge in [0.1, 0.15) is 36.6 Å². The van der Waals surface area contributed by atoms with E-state index in [1.54, 1.807) is 0 Å². The molecule has 2 aromatic rings. The number of aliphatic hydroxyl groups is 6. The van der Waals surface area contributed by atoms with E-state index in [0.717, 1.165) is 22.3 Å². The molecule has 0 radical (unpaired) electrons. The molecular weight excluding hydrogens is 532 g/mol. The first-order valence-corrected chi connectivity index (χ1v) is 14.0. The number of rotatable bonds is 2. The second kappa shape index (κ2) is 15.5. The highest BCUT2D eigenvalue weighted by molar-refractivity contribution is 5.31. The maximum Gasteiger partial charge on any atom is 0.202 e. The van der Waals surface area contributed by atoms with Crippen molar-refractivity contribution in [2.45, 2.75) is 109 Å². The molecule has 0 aliphatic carbocycles. The smallest absolute Gasteiger partial charge is 0.202 e. The van der Waals surface area contributed by atoms with E-state index >= 15 is 0 Å². The first-order valence-electron chi connectivity index (χ1n) is 14.0. The molecule has 2 aromatic carbocycles. The van der Waals surface area contributed by atoms with E-state index < -0.39 is 48.2 Å². The van der Waals surface area contributed by atoms with E-state index in [0.29, 0.717) is 26.1 Å². The molecule has 6 rings (SSSR count). The molecule has 0 aromatic heterocycles. The summed E-state index contributed by atoms with van der Waals surface area (Å²) in [4.78, 5) is 0. The van der Waals surface area contributed by atoms with Crippen molar-refractivity contribution in [2.75, 3.05) is 13.2 Å². The van der Waals surface area contributed by atoms with Gasteiger partial charge in [0.15, 0.2) is 0 Å². The molecule has 41 heavy (non-hydrogen) atoms. The Morgan fingerprint density at radius 1 is 0.610 bits per heavy atom. The standard InChI is InChI=1S/2C13H16O5.2C2H6.CH4/c2*14-6-10-11(15)12(16)13(18-10)5-8-3-1-2-4-9(8)7-17-13;2*1-2;/h2*1-4,10-12,14-16H,5-7H2;2*1-2H3;1H4/t10-,11-,12+,13+;10-,11-,12+,13-;;;/m11.../s1. The highest BCUT2D eigenvalue weighted by atomic mass is 16.7. The molecule has 0 amide bonds. The molecule has 0 bridgehead atoms. The number of benzene rings is 2. The third-order valence-electron chi connectivity index (χ3n) is 7.43. The largest absolute Gasteiger partial charge is 0.394 e. The molecule has 0 unspecified atom stereocenters. The van der Waals surface area contributed by atoms with Crippen LogP contribution in [0.25, 0.3) is 0 Å². The van der Waals surface area contributed by atoms with Gasteiger partial charge in [-0.2, -0.15) is 0 Å². The van der Waals surface area contributed by atoms with Crippen molar-refractivity contribution >= 4 is 0 Å². The lowest BCUT2D eigenvalue weighted by atomic mass is 9.92. The van der Waals surface area contributed by atoms with Crippen LogP contribution in [0.15, 0.2) is 48.5 Å². The zero-order valence-corrected chi connectivity index (χ0v) is 23.6. The average Bonchev–Trinajstić information content (AvgIpc) is 3.39. The summed E-state index contributed by atoms with van der Waals surface area (Å²) in [7, 11) is 0. The van der Waals surface area contributed by atoms with Crippen LogP contribution in [0.2, 0.25) is 0 Å². The summed E-state index contributed by atoms with van der Waals surface area (Å²) in [5.41, 5.74) is 4.18. The summed E-state index contributed by atoms with van der Waals surface area (Å²) in [6.07, 6.45) is -5.41. The Bertz CT molecular complexity index is 983. The third-order valence-corrected chi connectivity index (χ3v) is 7.43. The molecular formula is C31H48O10. The van der Waals surface area contributed by atoms with E-state index in [2.05, 4.69) is 0 Å². The molecule has 0 saturated carbocycles. The Balaban J connectivity index is 0.000000251. The quantitative estimate of drug-likeness (QED) is 0.310. The Morgan fingerprint density at radius 3 is 1.22 bits per heavy atom. The lowest BCUT2D eigenvalue weighted by Crippen LogP contribution is -2.49. The molecule has 6 N–H and O–H groups in total.